The van der Waals surface area contributed by atoms with Crippen molar-refractivity contribution >= 4 is 17.9 Å². The van der Waals surface area contributed by atoms with Gasteiger partial charge in [-0.05, 0) is 95.3 Å². The molecule has 5 aromatic rings. The highest BCUT2D eigenvalue weighted by molar-refractivity contribution is 5.91. The van der Waals surface area contributed by atoms with E-state index in [1.807, 2.05) is 56.3 Å². The van der Waals surface area contributed by atoms with Crippen LogP contribution < -0.4 is 0 Å². The van der Waals surface area contributed by atoms with Crippen molar-refractivity contribution in [2.75, 3.05) is 0 Å². The molecule has 0 aliphatic rings. The molecule has 0 saturated carbocycles. The van der Waals surface area contributed by atoms with Crippen LogP contribution in [0.3, 0.4) is 0 Å². The van der Waals surface area contributed by atoms with E-state index in [0.717, 1.165) is 22.3 Å². The maximum absolute atomic E-state index is 12.7. The van der Waals surface area contributed by atoms with E-state index in [0.29, 0.717) is 33.4 Å². The third-order valence-corrected chi connectivity index (χ3v) is 7.26. The van der Waals surface area contributed by atoms with Crippen LogP contribution in [0.1, 0.15) is 58.9 Å². The number of ether oxygens (including phenoxy) is 2. The van der Waals surface area contributed by atoms with Crippen LogP contribution in [0.5, 0.6) is 0 Å². The summed E-state index contributed by atoms with van der Waals surface area (Å²) in [7, 11) is 0. The van der Waals surface area contributed by atoms with E-state index in [2.05, 4.69) is 0 Å². The molecule has 0 unspecified atom stereocenters. The van der Waals surface area contributed by atoms with Crippen LogP contribution in [0.25, 0.3) is 11.1 Å². The topological polar surface area (TPSA) is 88.1 Å². The highest BCUT2D eigenvalue weighted by Crippen LogP contribution is 2.27. The number of carbonyl (C=O) groups is 3. The third-order valence-electron chi connectivity index (χ3n) is 7.26. The standard InChI is InChI=1S/C38H32O7/c1-26-11-9-10-16-34(26)35-20-19-31(21-27(35)2)38(41)45-44-23-28-17-18-32(24-42-36(39)29-12-5-3-6-13-29)33(22-28)25-43-37(40)30-14-7-4-8-15-30/h3-22H,23-25H2,1-2H3. The molecule has 7 nitrogen and oxygen atoms in total. The quantitative estimate of drug-likeness (QED) is 0.0863. The van der Waals surface area contributed by atoms with Gasteiger partial charge in [0.15, 0.2) is 0 Å². The van der Waals surface area contributed by atoms with Crippen LogP contribution in [-0.4, -0.2) is 17.9 Å². The zero-order valence-corrected chi connectivity index (χ0v) is 25.0. The van der Waals surface area contributed by atoms with Gasteiger partial charge in [0.2, 0.25) is 0 Å². The SMILES string of the molecule is Cc1ccccc1-c1ccc(C(=O)OOCc2ccc(COC(=O)c3ccccc3)c(COC(=O)c3ccccc3)c2)cc1C. The van der Waals surface area contributed by atoms with E-state index in [1.165, 1.54) is 0 Å². The molecule has 0 bridgehead atoms. The molecular formula is C38H32O7. The van der Waals surface area contributed by atoms with Gasteiger partial charge in [-0.3, -0.25) is 4.89 Å². The lowest BCUT2D eigenvalue weighted by Gasteiger charge is -2.13. The zero-order valence-electron chi connectivity index (χ0n) is 25.0. The van der Waals surface area contributed by atoms with Gasteiger partial charge >= 0.3 is 17.9 Å². The Balaban J connectivity index is 1.24. The van der Waals surface area contributed by atoms with Gasteiger partial charge in [0.05, 0.1) is 16.7 Å². The second-order valence-corrected chi connectivity index (χ2v) is 10.5. The summed E-state index contributed by atoms with van der Waals surface area (Å²) in [5.74, 6) is -1.57. The van der Waals surface area contributed by atoms with Crippen LogP contribution in [0.2, 0.25) is 0 Å². The van der Waals surface area contributed by atoms with Crippen molar-refractivity contribution < 1.29 is 33.6 Å². The molecule has 0 fully saturated rings. The fourth-order valence-electron chi connectivity index (χ4n) is 4.81. The average molecular weight is 601 g/mol. The summed E-state index contributed by atoms with van der Waals surface area (Å²) in [5.41, 5.74) is 7.40. The smallest absolute Gasteiger partial charge is 0.373 e. The van der Waals surface area contributed by atoms with Crippen molar-refractivity contribution in [3.05, 3.63) is 166 Å². The van der Waals surface area contributed by atoms with Gasteiger partial charge in [-0.1, -0.05) is 78.9 Å². The van der Waals surface area contributed by atoms with Gasteiger partial charge in [-0.25, -0.2) is 14.4 Å². The summed E-state index contributed by atoms with van der Waals surface area (Å²) in [6.45, 7) is 3.86. The normalized spacial score (nSPS) is 10.6. The highest BCUT2D eigenvalue weighted by Gasteiger charge is 2.15. The predicted octanol–water partition coefficient (Wildman–Crippen LogP) is 7.97. The lowest BCUT2D eigenvalue weighted by atomic mass is 9.95. The monoisotopic (exact) mass is 600 g/mol. The van der Waals surface area contributed by atoms with E-state index >= 15 is 0 Å². The molecule has 5 aromatic carbocycles. The minimum absolute atomic E-state index is 0.0279. The molecule has 0 spiro atoms. The van der Waals surface area contributed by atoms with Crippen molar-refractivity contribution in [3.8, 4) is 11.1 Å². The number of benzene rings is 5. The van der Waals surface area contributed by atoms with E-state index in [9.17, 15) is 14.4 Å². The number of hydrogen-bond acceptors (Lipinski definition) is 7. The lowest BCUT2D eigenvalue weighted by molar-refractivity contribution is -0.250. The van der Waals surface area contributed by atoms with Crippen molar-refractivity contribution in [2.24, 2.45) is 0 Å². The summed E-state index contributed by atoms with van der Waals surface area (Å²) in [6.07, 6.45) is 0. The van der Waals surface area contributed by atoms with Gasteiger partial charge in [0.1, 0.15) is 19.8 Å². The van der Waals surface area contributed by atoms with Crippen molar-refractivity contribution in [3.63, 3.8) is 0 Å². The van der Waals surface area contributed by atoms with Crippen molar-refractivity contribution in [1.82, 2.24) is 0 Å². The molecule has 0 saturated heterocycles. The molecule has 5 rings (SSSR count). The summed E-state index contributed by atoms with van der Waals surface area (Å²) in [5, 5.41) is 0. The maximum atomic E-state index is 12.7. The van der Waals surface area contributed by atoms with Gasteiger partial charge in [-0.15, -0.1) is 0 Å². The first-order valence-electron chi connectivity index (χ1n) is 14.4. The van der Waals surface area contributed by atoms with Gasteiger partial charge in [0.25, 0.3) is 0 Å². The largest absolute Gasteiger partial charge is 0.457 e. The molecule has 7 heteroatoms. The first-order chi connectivity index (χ1) is 21.9. The maximum Gasteiger partial charge on any atom is 0.373 e. The number of carbonyl (C=O) groups excluding carboxylic acids is 3. The molecule has 226 valence electrons. The molecule has 0 N–H and O–H groups in total. The Labute approximate surface area is 261 Å². The van der Waals surface area contributed by atoms with E-state index in [4.69, 9.17) is 19.2 Å². The summed E-state index contributed by atoms with van der Waals surface area (Å²) < 4.78 is 11.1. The molecule has 0 amide bonds. The summed E-state index contributed by atoms with van der Waals surface area (Å²) in [6, 6.07) is 36.1. The predicted molar refractivity (Wildman–Crippen MR) is 169 cm³/mol. The van der Waals surface area contributed by atoms with Crippen LogP contribution >= 0.6 is 0 Å². The number of rotatable bonds is 11. The fourth-order valence-corrected chi connectivity index (χ4v) is 4.81. The van der Waals surface area contributed by atoms with Crippen LogP contribution in [0.15, 0.2) is 121 Å². The first-order valence-corrected chi connectivity index (χ1v) is 14.4. The molecule has 0 atom stereocenters. The Morgan fingerprint density at radius 1 is 0.489 bits per heavy atom. The van der Waals surface area contributed by atoms with E-state index < -0.39 is 17.9 Å². The Bertz CT molecular complexity index is 1800. The molecule has 45 heavy (non-hydrogen) atoms. The second-order valence-electron chi connectivity index (χ2n) is 10.5. The molecule has 0 aliphatic carbocycles. The van der Waals surface area contributed by atoms with Crippen LogP contribution in [0, 0.1) is 13.8 Å². The number of hydrogen-bond donors (Lipinski definition) is 0. The van der Waals surface area contributed by atoms with Gasteiger partial charge in [-0.2, -0.15) is 4.89 Å². The fraction of sp³-hybridized carbons (Fsp3) is 0.132. The third kappa shape index (κ3) is 8.10. The van der Waals surface area contributed by atoms with Crippen molar-refractivity contribution in [2.45, 2.75) is 33.7 Å². The van der Waals surface area contributed by atoms with E-state index in [-0.39, 0.29) is 19.8 Å². The molecule has 0 aromatic heterocycles. The summed E-state index contributed by atoms with van der Waals surface area (Å²) in [4.78, 5) is 48.3. The average Bonchev–Trinajstić information content (AvgIpc) is 3.07. The van der Waals surface area contributed by atoms with Crippen LogP contribution in [0.4, 0.5) is 0 Å². The number of esters is 2. The lowest BCUT2D eigenvalue weighted by Crippen LogP contribution is -2.10. The van der Waals surface area contributed by atoms with Gasteiger partial charge in [0, 0.05) is 0 Å². The Morgan fingerprint density at radius 3 is 1.69 bits per heavy atom. The summed E-state index contributed by atoms with van der Waals surface area (Å²) >= 11 is 0. The first kappa shape index (κ1) is 30.9. The van der Waals surface area contributed by atoms with Gasteiger partial charge < -0.3 is 9.47 Å². The zero-order chi connectivity index (χ0) is 31.6. The second kappa shape index (κ2) is 14.8. The van der Waals surface area contributed by atoms with Crippen LogP contribution in [-0.2, 0) is 39.1 Å². The Morgan fingerprint density at radius 2 is 1.07 bits per heavy atom. The van der Waals surface area contributed by atoms with E-state index in [1.54, 1.807) is 78.9 Å². The molecule has 0 aliphatic heterocycles. The minimum atomic E-state index is -0.615. The Kier molecular flexibility index (Phi) is 10.1. The van der Waals surface area contributed by atoms with Crippen molar-refractivity contribution in [1.29, 1.82) is 0 Å². The minimum Gasteiger partial charge on any atom is -0.457 e. The molecular weight excluding hydrogens is 568 g/mol. The Hall–Kier alpha value is -5.53. The number of aryl methyl sites for hydroxylation is 2. The molecule has 0 heterocycles. The molecule has 0 radical (unpaired) electrons. The highest BCUT2D eigenvalue weighted by atomic mass is 17.2.